The summed E-state index contributed by atoms with van der Waals surface area (Å²) in [5, 5.41) is 12.4. The van der Waals surface area contributed by atoms with E-state index in [0.29, 0.717) is 12.2 Å². The molecule has 0 aliphatic heterocycles. The second-order valence-electron chi connectivity index (χ2n) is 5.95. The number of benzene rings is 1. The standard InChI is InChI=1S/C17H24N2O3/c1-3-12-7-9-14(10-8-12)18-16(21)17(22)19(2)11-13-5-4-6-15(13)20/h7-10,13,15,20H,3-6,11H2,1-2H3,(H,18,21). The van der Waals surface area contributed by atoms with Crippen molar-refractivity contribution in [3.8, 4) is 0 Å². The lowest BCUT2D eigenvalue weighted by atomic mass is 10.1. The number of aliphatic hydroxyl groups is 1. The quantitative estimate of drug-likeness (QED) is 0.834. The molecule has 0 aromatic heterocycles. The van der Waals surface area contributed by atoms with Gasteiger partial charge in [-0.2, -0.15) is 0 Å². The number of aryl methyl sites for hydroxylation is 1. The monoisotopic (exact) mass is 304 g/mol. The van der Waals surface area contributed by atoms with Gasteiger partial charge in [-0.25, -0.2) is 0 Å². The van der Waals surface area contributed by atoms with Crippen LogP contribution in [0.25, 0.3) is 0 Å². The Morgan fingerprint density at radius 2 is 1.95 bits per heavy atom. The van der Waals surface area contributed by atoms with Gasteiger partial charge in [0.2, 0.25) is 0 Å². The van der Waals surface area contributed by atoms with Crippen LogP contribution in [0.2, 0.25) is 0 Å². The first-order valence-corrected chi connectivity index (χ1v) is 7.84. The number of anilines is 1. The predicted octanol–water partition coefficient (Wildman–Crippen LogP) is 1.81. The molecule has 1 saturated carbocycles. The lowest BCUT2D eigenvalue weighted by molar-refractivity contribution is -0.142. The van der Waals surface area contributed by atoms with Crippen molar-refractivity contribution in [3.05, 3.63) is 29.8 Å². The zero-order chi connectivity index (χ0) is 16.1. The average Bonchev–Trinajstić information content (AvgIpc) is 2.92. The van der Waals surface area contributed by atoms with E-state index in [2.05, 4.69) is 12.2 Å². The summed E-state index contributed by atoms with van der Waals surface area (Å²) in [6, 6.07) is 7.45. The van der Waals surface area contributed by atoms with E-state index in [1.54, 1.807) is 19.2 Å². The second-order valence-corrected chi connectivity index (χ2v) is 5.95. The van der Waals surface area contributed by atoms with Crippen LogP contribution in [0, 0.1) is 5.92 Å². The molecule has 0 bridgehead atoms. The maximum Gasteiger partial charge on any atom is 0.313 e. The fourth-order valence-corrected chi connectivity index (χ4v) is 2.85. The summed E-state index contributed by atoms with van der Waals surface area (Å²) in [5.74, 6) is -1.14. The fourth-order valence-electron chi connectivity index (χ4n) is 2.85. The predicted molar refractivity (Wildman–Crippen MR) is 85.4 cm³/mol. The number of likely N-dealkylation sites (N-methyl/N-ethyl adjacent to an activating group) is 1. The summed E-state index contributed by atoms with van der Waals surface area (Å²) in [5.41, 5.74) is 1.79. The lowest BCUT2D eigenvalue weighted by Gasteiger charge is -2.22. The minimum atomic E-state index is -0.640. The first-order valence-electron chi connectivity index (χ1n) is 7.84. The molecule has 2 unspecified atom stereocenters. The van der Waals surface area contributed by atoms with Gasteiger partial charge >= 0.3 is 11.8 Å². The molecule has 0 radical (unpaired) electrons. The van der Waals surface area contributed by atoms with E-state index in [1.807, 2.05) is 12.1 Å². The summed E-state index contributed by atoms with van der Waals surface area (Å²) in [6.45, 7) is 2.48. The minimum absolute atomic E-state index is 0.0746. The van der Waals surface area contributed by atoms with Crippen LogP contribution in [-0.4, -0.2) is 41.5 Å². The van der Waals surface area contributed by atoms with E-state index >= 15 is 0 Å². The molecule has 120 valence electrons. The average molecular weight is 304 g/mol. The van der Waals surface area contributed by atoms with Gasteiger partial charge in [0.1, 0.15) is 0 Å². The van der Waals surface area contributed by atoms with Crippen molar-refractivity contribution in [2.75, 3.05) is 18.9 Å². The SMILES string of the molecule is CCc1ccc(NC(=O)C(=O)N(C)CC2CCCC2O)cc1. The first kappa shape index (κ1) is 16.5. The number of rotatable bonds is 4. The van der Waals surface area contributed by atoms with Gasteiger partial charge in [-0.3, -0.25) is 9.59 Å². The molecule has 0 saturated heterocycles. The van der Waals surface area contributed by atoms with Gasteiger partial charge in [0, 0.05) is 25.2 Å². The highest BCUT2D eigenvalue weighted by Crippen LogP contribution is 2.26. The van der Waals surface area contributed by atoms with Crippen LogP contribution in [0.3, 0.4) is 0 Å². The smallest absolute Gasteiger partial charge is 0.313 e. The van der Waals surface area contributed by atoms with Crippen LogP contribution in [0.5, 0.6) is 0 Å². The van der Waals surface area contributed by atoms with E-state index in [-0.39, 0.29) is 12.0 Å². The Kier molecular flexibility index (Phi) is 5.55. The molecular weight excluding hydrogens is 280 g/mol. The number of hydrogen-bond donors (Lipinski definition) is 2. The van der Waals surface area contributed by atoms with Crippen molar-refractivity contribution >= 4 is 17.5 Å². The van der Waals surface area contributed by atoms with Crippen molar-refractivity contribution in [1.82, 2.24) is 4.90 Å². The van der Waals surface area contributed by atoms with Crippen LogP contribution in [0.4, 0.5) is 5.69 Å². The summed E-state index contributed by atoms with van der Waals surface area (Å²) in [6.07, 6.45) is 3.23. The van der Waals surface area contributed by atoms with Gasteiger partial charge < -0.3 is 15.3 Å². The van der Waals surface area contributed by atoms with Gasteiger partial charge in [0.15, 0.2) is 0 Å². The van der Waals surface area contributed by atoms with E-state index in [1.165, 1.54) is 10.5 Å². The Morgan fingerprint density at radius 3 is 2.50 bits per heavy atom. The topological polar surface area (TPSA) is 69.6 Å². The van der Waals surface area contributed by atoms with Crippen LogP contribution < -0.4 is 5.32 Å². The third kappa shape index (κ3) is 4.07. The number of aliphatic hydroxyl groups excluding tert-OH is 1. The Bertz CT molecular complexity index is 527. The molecule has 0 spiro atoms. The fraction of sp³-hybridized carbons (Fsp3) is 0.529. The van der Waals surface area contributed by atoms with Crippen LogP contribution >= 0.6 is 0 Å². The molecular formula is C17H24N2O3. The molecule has 2 atom stereocenters. The molecule has 2 rings (SSSR count). The van der Waals surface area contributed by atoms with Crippen molar-refractivity contribution in [2.24, 2.45) is 5.92 Å². The summed E-state index contributed by atoms with van der Waals surface area (Å²) < 4.78 is 0. The summed E-state index contributed by atoms with van der Waals surface area (Å²) in [7, 11) is 1.60. The van der Waals surface area contributed by atoms with Gasteiger partial charge in [0.05, 0.1) is 6.10 Å². The summed E-state index contributed by atoms with van der Waals surface area (Å²) in [4.78, 5) is 25.5. The molecule has 1 fully saturated rings. The Balaban J connectivity index is 1.88. The third-order valence-electron chi connectivity index (χ3n) is 4.29. The highest BCUT2D eigenvalue weighted by atomic mass is 16.3. The number of amides is 2. The molecule has 1 aliphatic rings. The minimum Gasteiger partial charge on any atom is -0.393 e. The van der Waals surface area contributed by atoms with E-state index in [9.17, 15) is 14.7 Å². The third-order valence-corrected chi connectivity index (χ3v) is 4.29. The summed E-state index contributed by atoms with van der Waals surface area (Å²) >= 11 is 0. The maximum atomic E-state index is 12.1. The van der Waals surface area contributed by atoms with Gasteiger partial charge in [-0.15, -0.1) is 0 Å². The van der Waals surface area contributed by atoms with Gasteiger partial charge in [-0.1, -0.05) is 25.5 Å². The number of carbonyl (C=O) groups is 2. The molecule has 1 aromatic carbocycles. The molecule has 5 heteroatoms. The Labute approximate surface area is 131 Å². The number of nitrogens with one attached hydrogen (secondary N) is 1. The van der Waals surface area contributed by atoms with Crippen molar-refractivity contribution < 1.29 is 14.7 Å². The number of carbonyl (C=O) groups excluding carboxylic acids is 2. The van der Waals surface area contributed by atoms with Gasteiger partial charge in [-0.05, 0) is 37.0 Å². The largest absolute Gasteiger partial charge is 0.393 e. The highest BCUT2D eigenvalue weighted by Gasteiger charge is 2.29. The van der Waals surface area contributed by atoms with Crippen LogP contribution in [0.15, 0.2) is 24.3 Å². The molecule has 0 heterocycles. The molecule has 5 nitrogen and oxygen atoms in total. The Hall–Kier alpha value is -1.88. The number of nitrogens with zero attached hydrogens (tertiary/aromatic N) is 1. The van der Waals surface area contributed by atoms with Crippen molar-refractivity contribution in [3.63, 3.8) is 0 Å². The zero-order valence-electron chi connectivity index (χ0n) is 13.2. The van der Waals surface area contributed by atoms with Crippen molar-refractivity contribution in [1.29, 1.82) is 0 Å². The van der Waals surface area contributed by atoms with E-state index in [0.717, 1.165) is 25.7 Å². The molecule has 2 N–H and O–H groups in total. The molecule has 22 heavy (non-hydrogen) atoms. The normalized spacial score (nSPS) is 20.7. The lowest BCUT2D eigenvalue weighted by Crippen LogP contribution is -2.40. The van der Waals surface area contributed by atoms with Crippen molar-refractivity contribution in [2.45, 2.75) is 38.7 Å². The Morgan fingerprint density at radius 1 is 1.27 bits per heavy atom. The molecule has 2 amide bonds. The zero-order valence-corrected chi connectivity index (χ0v) is 13.2. The first-order chi connectivity index (χ1) is 10.5. The number of hydrogen-bond acceptors (Lipinski definition) is 3. The van der Waals surface area contributed by atoms with E-state index < -0.39 is 11.8 Å². The molecule has 1 aromatic rings. The highest BCUT2D eigenvalue weighted by molar-refractivity contribution is 6.39. The second kappa shape index (κ2) is 7.40. The van der Waals surface area contributed by atoms with E-state index in [4.69, 9.17) is 0 Å². The van der Waals surface area contributed by atoms with Crippen LogP contribution in [0.1, 0.15) is 31.7 Å². The maximum absolute atomic E-state index is 12.1. The molecule has 1 aliphatic carbocycles. The van der Waals surface area contributed by atoms with Gasteiger partial charge in [0.25, 0.3) is 0 Å². The van der Waals surface area contributed by atoms with Crippen LogP contribution in [-0.2, 0) is 16.0 Å².